The molecule has 0 aliphatic carbocycles. The molecule has 0 saturated carbocycles. The Labute approximate surface area is 97.9 Å². The lowest BCUT2D eigenvalue weighted by molar-refractivity contribution is -0.123. The molecule has 1 aliphatic heterocycles. The van der Waals surface area contributed by atoms with Gasteiger partial charge in [0.2, 0.25) is 5.91 Å². The second-order valence-corrected chi connectivity index (χ2v) is 4.35. The molecule has 3 N–H and O–H groups in total. The SMILES string of the molecule is C=CCC(N)C(=O)NC1CCN(CC)CC1. The minimum Gasteiger partial charge on any atom is -0.352 e. The molecule has 1 unspecified atom stereocenters. The van der Waals surface area contributed by atoms with Crippen molar-refractivity contribution < 1.29 is 4.79 Å². The van der Waals surface area contributed by atoms with Crippen molar-refractivity contribution in [2.24, 2.45) is 5.73 Å². The molecule has 0 aromatic carbocycles. The summed E-state index contributed by atoms with van der Waals surface area (Å²) in [5, 5.41) is 3.01. The highest BCUT2D eigenvalue weighted by atomic mass is 16.2. The average Bonchev–Trinajstić information content (AvgIpc) is 2.30. The number of nitrogens with two attached hydrogens (primary N) is 1. The smallest absolute Gasteiger partial charge is 0.237 e. The third-order valence-electron chi connectivity index (χ3n) is 3.14. The highest BCUT2D eigenvalue weighted by molar-refractivity contribution is 5.81. The zero-order valence-corrected chi connectivity index (χ0v) is 10.1. The lowest BCUT2D eigenvalue weighted by Crippen LogP contribution is -2.49. The predicted molar refractivity (Wildman–Crippen MR) is 66.1 cm³/mol. The Morgan fingerprint density at radius 2 is 2.25 bits per heavy atom. The molecule has 1 heterocycles. The van der Waals surface area contributed by atoms with E-state index in [0.717, 1.165) is 32.5 Å². The lowest BCUT2D eigenvalue weighted by Gasteiger charge is -2.31. The van der Waals surface area contributed by atoms with Gasteiger partial charge >= 0.3 is 0 Å². The second kappa shape index (κ2) is 6.66. The molecular formula is C12H23N3O. The number of hydrogen-bond acceptors (Lipinski definition) is 3. The number of carbonyl (C=O) groups excluding carboxylic acids is 1. The fourth-order valence-corrected chi connectivity index (χ4v) is 1.99. The first-order valence-corrected chi connectivity index (χ1v) is 6.06. The number of nitrogens with one attached hydrogen (secondary N) is 1. The van der Waals surface area contributed by atoms with Gasteiger partial charge in [-0.05, 0) is 25.8 Å². The first kappa shape index (κ1) is 13.2. The van der Waals surface area contributed by atoms with Crippen molar-refractivity contribution in [2.45, 2.75) is 38.3 Å². The van der Waals surface area contributed by atoms with Gasteiger partial charge in [-0.15, -0.1) is 6.58 Å². The molecule has 4 heteroatoms. The van der Waals surface area contributed by atoms with Crippen molar-refractivity contribution >= 4 is 5.91 Å². The molecule has 1 atom stereocenters. The van der Waals surface area contributed by atoms with Crippen molar-refractivity contribution in [3.8, 4) is 0 Å². The van der Waals surface area contributed by atoms with Gasteiger partial charge in [-0.3, -0.25) is 4.79 Å². The molecule has 1 aliphatic rings. The van der Waals surface area contributed by atoms with Crippen LogP contribution < -0.4 is 11.1 Å². The van der Waals surface area contributed by atoms with Gasteiger partial charge in [0.25, 0.3) is 0 Å². The number of amides is 1. The van der Waals surface area contributed by atoms with Crippen molar-refractivity contribution in [1.29, 1.82) is 0 Å². The summed E-state index contributed by atoms with van der Waals surface area (Å²) in [7, 11) is 0. The van der Waals surface area contributed by atoms with E-state index in [-0.39, 0.29) is 5.91 Å². The fraction of sp³-hybridized carbons (Fsp3) is 0.750. The normalized spacial score (nSPS) is 20.4. The third-order valence-corrected chi connectivity index (χ3v) is 3.14. The number of piperidine rings is 1. The maximum absolute atomic E-state index is 11.7. The van der Waals surface area contributed by atoms with Gasteiger partial charge in [-0.25, -0.2) is 0 Å². The van der Waals surface area contributed by atoms with Gasteiger partial charge in [0.15, 0.2) is 0 Å². The highest BCUT2D eigenvalue weighted by Crippen LogP contribution is 2.09. The van der Waals surface area contributed by atoms with Crippen molar-refractivity contribution in [3.63, 3.8) is 0 Å². The zero-order valence-electron chi connectivity index (χ0n) is 10.1. The Hall–Kier alpha value is -0.870. The summed E-state index contributed by atoms with van der Waals surface area (Å²) in [5.41, 5.74) is 5.70. The number of likely N-dealkylation sites (tertiary alicyclic amines) is 1. The van der Waals surface area contributed by atoms with Gasteiger partial charge in [0, 0.05) is 19.1 Å². The molecule has 0 bridgehead atoms. The van der Waals surface area contributed by atoms with Crippen molar-refractivity contribution in [3.05, 3.63) is 12.7 Å². The second-order valence-electron chi connectivity index (χ2n) is 4.35. The topological polar surface area (TPSA) is 58.4 Å². The van der Waals surface area contributed by atoms with Crippen molar-refractivity contribution in [1.82, 2.24) is 10.2 Å². The highest BCUT2D eigenvalue weighted by Gasteiger charge is 2.21. The Morgan fingerprint density at radius 1 is 1.62 bits per heavy atom. The fourth-order valence-electron chi connectivity index (χ4n) is 1.99. The van der Waals surface area contributed by atoms with Gasteiger partial charge in [-0.2, -0.15) is 0 Å². The zero-order chi connectivity index (χ0) is 12.0. The van der Waals surface area contributed by atoms with Crippen LogP contribution in [0, 0.1) is 0 Å². The van der Waals surface area contributed by atoms with E-state index in [9.17, 15) is 4.79 Å². The van der Waals surface area contributed by atoms with Gasteiger partial charge in [0.1, 0.15) is 0 Å². The summed E-state index contributed by atoms with van der Waals surface area (Å²) < 4.78 is 0. The molecular weight excluding hydrogens is 202 g/mol. The molecule has 0 radical (unpaired) electrons. The minimum absolute atomic E-state index is 0.0464. The summed E-state index contributed by atoms with van der Waals surface area (Å²) in [5.74, 6) is -0.0464. The van der Waals surface area contributed by atoms with Crippen LogP contribution in [0.3, 0.4) is 0 Å². The van der Waals surface area contributed by atoms with E-state index < -0.39 is 6.04 Å². The van der Waals surface area contributed by atoms with E-state index in [0.29, 0.717) is 12.5 Å². The number of hydrogen-bond donors (Lipinski definition) is 2. The number of carbonyl (C=O) groups is 1. The maximum Gasteiger partial charge on any atom is 0.237 e. The van der Waals surface area contributed by atoms with Gasteiger partial charge in [0.05, 0.1) is 6.04 Å². The Kier molecular flexibility index (Phi) is 5.49. The first-order valence-electron chi connectivity index (χ1n) is 6.06. The Balaban J connectivity index is 2.27. The summed E-state index contributed by atoms with van der Waals surface area (Å²) >= 11 is 0. The van der Waals surface area contributed by atoms with Gasteiger partial charge < -0.3 is 16.0 Å². The summed E-state index contributed by atoms with van der Waals surface area (Å²) in [6, 6.07) is -0.145. The van der Waals surface area contributed by atoms with Crippen LogP contribution in [-0.4, -0.2) is 42.5 Å². The van der Waals surface area contributed by atoms with Crippen LogP contribution in [0.4, 0.5) is 0 Å². The molecule has 4 nitrogen and oxygen atoms in total. The number of rotatable bonds is 5. The quantitative estimate of drug-likeness (QED) is 0.670. The Bertz CT molecular complexity index is 234. The Morgan fingerprint density at radius 3 is 2.75 bits per heavy atom. The summed E-state index contributed by atoms with van der Waals surface area (Å²) in [6.07, 6.45) is 4.28. The monoisotopic (exact) mass is 225 g/mol. The van der Waals surface area contributed by atoms with Gasteiger partial charge in [-0.1, -0.05) is 13.0 Å². The average molecular weight is 225 g/mol. The van der Waals surface area contributed by atoms with Crippen LogP contribution in [0.5, 0.6) is 0 Å². The standard InChI is InChI=1S/C12H23N3O/c1-3-5-11(13)12(16)14-10-6-8-15(4-2)9-7-10/h3,10-11H,1,4-9,13H2,2H3,(H,14,16). The van der Waals surface area contributed by atoms with E-state index in [1.54, 1.807) is 6.08 Å². The lowest BCUT2D eigenvalue weighted by atomic mass is 10.0. The van der Waals surface area contributed by atoms with Crippen LogP contribution in [0.1, 0.15) is 26.2 Å². The van der Waals surface area contributed by atoms with Crippen LogP contribution in [-0.2, 0) is 4.79 Å². The molecule has 16 heavy (non-hydrogen) atoms. The van der Waals surface area contributed by atoms with E-state index in [2.05, 4.69) is 23.7 Å². The molecule has 92 valence electrons. The van der Waals surface area contributed by atoms with E-state index >= 15 is 0 Å². The first-order chi connectivity index (χ1) is 7.67. The molecule has 0 aromatic rings. The third kappa shape index (κ3) is 3.94. The molecule has 1 fully saturated rings. The largest absolute Gasteiger partial charge is 0.352 e. The van der Waals surface area contributed by atoms with Crippen LogP contribution >= 0.6 is 0 Å². The van der Waals surface area contributed by atoms with Crippen LogP contribution in [0.25, 0.3) is 0 Å². The summed E-state index contributed by atoms with van der Waals surface area (Å²) in [6.45, 7) is 8.98. The van der Waals surface area contributed by atoms with Crippen LogP contribution in [0.2, 0.25) is 0 Å². The molecule has 1 rings (SSSR count). The molecule has 1 saturated heterocycles. The molecule has 0 spiro atoms. The van der Waals surface area contributed by atoms with Crippen molar-refractivity contribution in [2.75, 3.05) is 19.6 Å². The number of nitrogens with zero attached hydrogens (tertiary/aromatic N) is 1. The summed E-state index contributed by atoms with van der Waals surface area (Å²) in [4.78, 5) is 14.0. The molecule has 1 amide bonds. The van der Waals surface area contributed by atoms with E-state index in [1.165, 1.54) is 0 Å². The van der Waals surface area contributed by atoms with E-state index in [4.69, 9.17) is 5.73 Å². The van der Waals surface area contributed by atoms with Crippen LogP contribution in [0.15, 0.2) is 12.7 Å². The predicted octanol–water partition coefficient (Wildman–Crippen LogP) is 0.490. The maximum atomic E-state index is 11.7. The minimum atomic E-state index is -0.443. The van der Waals surface area contributed by atoms with E-state index in [1.807, 2.05) is 0 Å². The molecule has 0 aromatic heterocycles.